The van der Waals surface area contributed by atoms with Crippen molar-refractivity contribution in [3.05, 3.63) is 102 Å². The van der Waals surface area contributed by atoms with Crippen LogP contribution in [0.5, 0.6) is 11.8 Å². The number of ether oxygens (including phenoxy) is 3. The average molecular weight is 605 g/mol. The number of rotatable bonds is 9. The van der Waals surface area contributed by atoms with Crippen LogP contribution in [0.4, 0.5) is 5.69 Å². The van der Waals surface area contributed by atoms with Gasteiger partial charge in [0.1, 0.15) is 24.5 Å². The summed E-state index contributed by atoms with van der Waals surface area (Å²) in [5.74, 6) is 0.766. The zero-order valence-corrected chi connectivity index (χ0v) is 26.4. The Morgan fingerprint density at radius 2 is 1.47 bits per heavy atom. The number of benzene rings is 3. The molecule has 45 heavy (non-hydrogen) atoms. The monoisotopic (exact) mass is 604 g/mol. The van der Waals surface area contributed by atoms with Gasteiger partial charge in [-0.1, -0.05) is 72.8 Å². The third kappa shape index (κ3) is 7.11. The molecule has 8 heteroatoms. The highest BCUT2D eigenvalue weighted by atomic mass is 16.6. The molecule has 0 radical (unpaired) electrons. The number of carbonyl (C=O) groups excluding carboxylic acids is 1. The molecule has 3 aromatic carbocycles. The van der Waals surface area contributed by atoms with Crippen molar-refractivity contribution in [1.82, 2.24) is 14.8 Å². The Balaban J connectivity index is 1.29. The fourth-order valence-corrected chi connectivity index (χ4v) is 5.76. The van der Waals surface area contributed by atoms with E-state index in [0.29, 0.717) is 25.0 Å². The van der Waals surface area contributed by atoms with Gasteiger partial charge in [0.05, 0.1) is 22.7 Å². The van der Waals surface area contributed by atoms with Gasteiger partial charge in [0, 0.05) is 31.6 Å². The Labute approximate surface area is 264 Å². The van der Waals surface area contributed by atoms with Gasteiger partial charge in [-0.3, -0.25) is 9.48 Å². The molecule has 0 amide bonds. The van der Waals surface area contributed by atoms with Gasteiger partial charge in [0.25, 0.3) is 0 Å². The summed E-state index contributed by atoms with van der Waals surface area (Å²) < 4.78 is 20.0. The predicted molar refractivity (Wildman–Crippen MR) is 176 cm³/mol. The molecule has 1 saturated heterocycles. The highest BCUT2D eigenvalue weighted by Gasteiger charge is 2.30. The smallest absolute Gasteiger partial charge is 0.309 e. The van der Waals surface area contributed by atoms with Crippen molar-refractivity contribution in [3.63, 3.8) is 0 Å². The number of anilines is 1. The van der Waals surface area contributed by atoms with Crippen LogP contribution in [0.3, 0.4) is 0 Å². The van der Waals surface area contributed by atoms with Gasteiger partial charge < -0.3 is 19.1 Å². The quantitative estimate of drug-likeness (QED) is 0.163. The van der Waals surface area contributed by atoms with Crippen LogP contribution >= 0.6 is 0 Å². The van der Waals surface area contributed by atoms with Crippen molar-refractivity contribution in [1.29, 1.82) is 0 Å². The summed E-state index contributed by atoms with van der Waals surface area (Å²) >= 11 is 0. The van der Waals surface area contributed by atoms with E-state index in [9.17, 15) is 4.79 Å². The van der Waals surface area contributed by atoms with Gasteiger partial charge in [0.15, 0.2) is 0 Å². The number of aryl methyl sites for hydroxylation is 1. The number of esters is 1. The van der Waals surface area contributed by atoms with E-state index < -0.39 is 5.60 Å². The van der Waals surface area contributed by atoms with E-state index in [0.717, 1.165) is 64.9 Å². The molecule has 0 aliphatic carbocycles. The average Bonchev–Trinajstić information content (AvgIpc) is 3.39. The maximum absolute atomic E-state index is 12.7. The van der Waals surface area contributed by atoms with E-state index in [1.807, 2.05) is 105 Å². The van der Waals surface area contributed by atoms with Crippen molar-refractivity contribution in [2.24, 2.45) is 13.0 Å². The molecule has 0 spiro atoms. The SMILES string of the molecule is Cn1nc(-c2ccc(OCc3ccccc3)nc2OCc2ccccc2)c2cccc(N3CCC(C(=O)OC(C)(C)C)CC3)c21. The van der Waals surface area contributed by atoms with Crippen LogP contribution in [-0.4, -0.2) is 39.4 Å². The number of pyridine rings is 1. The van der Waals surface area contributed by atoms with Crippen molar-refractivity contribution >= 4 is 22.6 Å². The van der Waals surface area contributed by atoms with E-state index in [2.05, 4.69) is 23.1 Å². The lowest BCUT2D eigenvalue weighted by molar-refractivity contribution is -0.160. The molecule has 1 aliphatic rings. The van der Waals surface area contributed by atoms with E-state index in [1.54, 1.807) is 0 Å². The van der Waals surface area contributed by atoms with Crippen LogP contribution in [0.25, 0.3) is 22.2 Å². The van der Waals surface area contributed by atoms with Crippen LogP contribution in [-0.2, 0) is 29.8 Å². The first-order valence-electron chi connectivity index (χ1n) is 15.5. The summed E-state index contributed by atoms with van der Waals surface area (Å²) in [4.78, 5) is 19.9. The Bertz CT molecular complexity index is 1750. The van der Waals surface area contributed by atoms with Crippen LogP contribution in [0.1, 0.15) is 44.7 Å². The normalized spacial score (nSPS) is 14.0. The van der Waals surface area contributed by atoms with Crippen LogP contribution in [0, 0.1) is 5.92 Å². The lowest BCUT2D eigenvalue weighted by Gasteiger charge is -2.34. The van der Waals surface area contributed by atoms with E-state index in [4.69, 9.17) is 24.3 Å². The number of para-hydroxylation sites is 1. The second-order valence-corrected chi connectivity index (χ2v) is 12.5. The second kappa shape index (κ2) is 13.0. The van der Waals surface area contributed by atoms with Crippen LogP contribution in [0.2, 0.25) is 0 Å². The molecule has 2 aromatic heterocycles. The Hall–Kier alpha value is -4.85. The fraction of sp³-hybridized carbons (Fsp3) is 0.324. The summed E-state index contributed by atoms with van der Waals surface area (Å²) in [6.45, 7) is 8.06. The lowest BCUT2D eigenvalue weighted by Crippen LogP contribution is -2.39. The van der Waals surface area contributed by atoms with Gasteiger partial charge in [-0.15, -0.1) is 0 Å². The van der Waals surface area contributed by atoms with Crippen molar-refractivity contribution in [3.8, 4) is 23.0 Å². The summed E-state index contributed by atoms with van der Waals surface area (Å²) in [6, 6.07) is 30.2. The fourth-order valence-electron chi connectivity index (χ4n) is 5.76. The number of carbonyl (C=O) groups is 1. The standard InChI is InChI=1S/C37H40N4O4/c1-37(2,3)45-36(42)28-20-22-41(23-21-28)31-17-11-16-29-33(39-40(4)34(29)31)30-18-19-32(43-24-26-12-7-5-8-13-26)38-35(30)44-25-27-14-9-6-10-15-27/h5-19,28H,20-25H2,1-4H3. The third-order valence-electron chi connectivity index (χ3n) is 7.96. The molecule has 232 valence electrons. The molecule has 0 N–H and O–H groups in total. The lowest BCUT2D eigenvalue weighted by atomic mass is 9.96. The molecule has 0 saturated carbocycles. The molecular formula is C37H40N4O4. The number of piperidine rings is 1. The van der Waals surface area contributed by atoms with Gasteiger partial charge in [-0.2, -0.15) is 10.1 Å². The maximum Gasteiger partial charge on any atom is 0.309 e. The number of aromatic nitrogens is 3. The van der Waals surface area contributed by atoms with Crippen molar-refractivity contribution < 1.29 is 19.0 Å². The van der Waals surface area contributed by atoms with Gasteiger partial charge >= 0.3 is 5.97 Å². The topological polar surface area (TPSA) is 78.7 Å². The molecule has 0 bridgehead atoms. The molecule has 1 fully saturated rings. The second-order valence-electron chi connectivity index (χ2n) is 12.5. The molecule has 3 heterocycles. The highest BCUT2D eigenvalue weighted by molar-refractivity contribution is 6.01. The molecular weight excluding hydrogens is 564 g/mol. The van der Waals surface area contributed by atoms with Gasteiger partial charge in [-0.05, 0) is 56.9 Å². The predicted octanol–water partition coefficient (Wildman–Crippen LogP) is 7.35. The van der Waals surface area contributed by atoms with Gasteiger partial charge in [-0.25, -0.2) is 0 Å². The first kappa shape index (κ1) is 30.2. The molecule has 6 rings (SSSR count). The number of fused-ring (bicyclic) bond motifs is 1. The van der Waals surface area contributed by atoms with E-state index in [-0.39, 0.29) is 11.9 Å². The molecule has 0 unspecified atom stereocenters. The molecule has 1 aliphatic heterocycles. The van der Waals surface area contributed by atoms with Gasteiger partial charge in [0.2, 0.25) is 11.8 Å². The Morgan fingerprint density at radius 3 is 2.11 bits per heavy atom. The number of hydrogen-bond donors (Lipinski definition) is 0. The first-order chi connectivity index (χ1) is 21.7. The number of hydrogen-bond acceptors (Lipinski definition) is 7. The minimum Gasteiger partial charge on any atom is -0.473 e. The minimum atomic E-state index is -0.477. The van der Waals surface area contributed by atoms with Crippen LogP contribution in [0.15, 0.2) is 91.0 Å². The highest BCUT2D eigenvalue weighted by Crippen LogP contribution is 2.39. The number of nitrogens with zero attached hydrogens (tertiary/aromatic N) is 4. The van der Waals surface area contributed by atoms with E-state index in [1.165, 1.54) is 0 Å². The van der Waals surface area contributed by atoms with Crippen molar-refractivity contribution in [2.45, 2.75) is 52.4 Å². The Morgan fingerprint density at radius 1 is 0.822 bits per heavy atom. The first-order valence-corrected chi connectivity index (χ1v) is 15.5. The Kier molecular flexibility index (Phi) is 8.74. The van der Waals surface area contributed by atoms with Crippen molar-refractivity contribution in [2.75, 3.05) is 18.0 Å². The minimum absolute atomic E-state index is 0.0835. The molecule has 5 aromatic rings. The molecule has 8 nitrogen and oxygen atoms in total. The van der Waals surface area contributed by atoms with Crippen LogP contribution < -0.4 is 14.4 Å². The molecule has 0 atom stereocenters. The largest absolute Gasteiger partial charge is 0.473 e. The summed E-state index contributed by atoms with van der Waals surface area (Å²) in [5.41, 5.74) is 5.35. The zero-order chi connectivity index (χ0) is 31.4. The summed E-state index contributed by atoms with van der Waals surface area (Å²) in [7, 11) is 1.97. The third-order valence-corrected chi connectivity index (χ3v) is 7.96. The van der Waals surface area contributed by atoms with E-state index >= 15 is 0 Å². The summed E-state index contributed by atoms with van der Waals surface area (Å²) in [6.07, 6.45) is 1.50. The zero-order valence-electron chi connectivity index (χ0n) is 26.4. The maximum atomic E-state index is 12.7. The summed E-state index contributed by atoms with van der Waals surface area (Å²) in [5, 5.41) is 6.00.